The summed E-state index contributed by atoms with van der Waals surface area (Å²) in [5.41, 5.74) is 2.46. The maximum absolute atomic E-state index is 6.45. The Hall–Kier alpha value is -1.40. The molecule has 0 saturated carbocycles. The van der Waals surface area contributed by atoms with Gasteiger partial charge in [0.1, 0.15) is 0 Å². The van der Waals surface area contributed by atoms with Crippen molar-refractivity contribution in [2.45, 2.75) is 37.7 Å². The van der Waals surface area contributed by atoms with Gasteiger partial charge in [0.2, 0.25) is 0 Å². The lowest BCUT2D eigenvalue weighted by Gasteiger charge is -2.46. The minimum Gasteiger partial charge on any atom is -0.487 e. The number of fused-ring (bicyclic) bond motifs is 2. The highest BCUT2D eigenvalue weighted by Crippen LogP contribution is 2.48. The number of piperidine rings is 1. The molecule has 0 amide bonds. The van der Waals surface area contributed by atoms with E-state index in [-0.39, 0.29) is 11.9 Å². The van der Waals surface area contributed by atoms with E-state index in [0.29, 0.717) is 0 Å². The predicted octanol–water partition coefficient (Wildman–Crippen LogP) is 3.79. The first-order chi connectivity index (χ1) is 12.2. The number of ether oxygens (including phenoxy) is 3. The molecule has 5 heteroatoms. The van der Waals surface area contributed by atoms with Crippen LogP contribution in [-0.4, -0.2) is 38.5 Å². The van der Waals surface area contributed by atoms with Crippen molar-refractivity contribution in [3.8, 4) is 5.06 Å². The van der Waals surface area contributed by atoms with Crippen LogP contribution in [0.25, 0.3) is 0 Å². The Kier molecular flexibility index (Phi) is 4.82. The number of benzene rings is 1. The molecular formula is C20H25NO3S. The van der Waals surface area contributed by atoms with Crippen molar-refractivity contribution in [1.82, 2.24) is 4.90 Å². The third-order valence-corrected chi connectivity index (χ3v) is 6.48. The van der Waals surface area contributed by atoms with Crippen LogP contribution < -0.4 is 4.74 Å². The first kappa shape index (κ1) is 17.0. The van der Waals surface area contributed by atoms with E-state index in [0.717, 1.165) is 44.0 Å². The largest absolute Gasteiger partial charge is 0.487 e. The molecule has 1 aromatic heterocycles. The molecule has 3 heterocycles. The topological polar surface area (TPSA) is 30.9 Å². The molecule has 1 atom stereocenters. The second-order valence-electron chi connectivity index (χ2n) is 6.85. The maximum atomic E-state index is 6.45. The van der Waals surface area contributed by atoms with Crippen LogP contribution in [0.1, 0.15) is 28.8 Å². The summed E-state index contributed by atoms with van der Waals surface area (Å²) in [4.78, 5) is 3.87. The van der Waals surface area contributed by atoms with Gasteiger partial charge >= 0.3 is 0 Å². The fraction of sp³-hybridized carbons (Fsp3) is 0.500. The maximum Gasteiger partial charge on any atom is 0.173 e. The van der Waals surface area contributed by atoms with Gasteiger partial charge in [0, 0.05) is 43.6 Å². The first-order valence-electron chi connectivity index (χ1n) is 8.86. The average Bonchev–Trinajstić information content (AvgIpc) is 3.09. The third-order valence-electron chi connectivity index (χ3n) is 5.36. The fourth-order valence-electron chi connectivity index (χ4n) is 3.98. The van der Waals surface area contributed by atoms with Crippen molar-refractivity contribution in [3.63, 3.8) is 0 Å². The van der Waals surface area contributed by atoms with Crippen LogP contribution in [0.2, 0.25) is 0 Å². The standard InChI is InChI=1S/C20H25NO3S/c1-22-18-13-17-16(12-19(23-2)25-17)20(24-18)8-10-21(11-9-20)14-15-6-4-3-5-7-15/h3-7,12,18H,8-11,13-14H2,1-2H3. The van der Waals surface area contributed by atoms with Crippen LogP contribution in [0, 0.1) is 0 Å². The number of likely N-dealkylation sites (tertiary alicyclic amines) is 1. The van der Waals surface area contributed by atoms with Crippen molar-refractivity contribution in [2.75, 3.05) is 27.3 Å². The molecule has 25 heavy (non-hydrogen) atoms. The van der Waals surface area contributed by atoms with Gasteiger partial charge in [0.25, 0.3) is 0 Å². The lowest BCUT2D eigenvalue weighted by atomic mass is 9.82. The van der Waals surface area contributed by atoms with Gasteiger partial charge in [-0.05, 0) is 24.5 Å². The Morgan fingerprint density at radius 2 is 1.96 bits per heavy atom. The lowest BCUT2D eigenvalue weighted by Crippen LogP contribution is -2.48. The summed E-state index contributed by atoms with van der Waals surface area (Å²) in [6.45, 7) is 3.07. The monoisotopic (exact) mass is 359 g/mol. The Balaban J connectivity index is 1.52. The highest BCUT2D eigenvalue weighted by atomic mass is 32.1. The van der Waals surface area contributed by atoms with E-state index in [1.54, 1.807) is 25.6 Å². The summed E-state index contributed by atoms with van der Waals surface area (Å²) in [5, 5.41) is 0.969. The van der Waals surface area contributed by atoms with Gasteiger partial charge in [0.15, 0.2) is 11.4 Å². The molecule has 0 radical (unpaired) electrons. The zero-order valence-electron chi connectivity index (χ0n) is 14.9. The van der Waals surface area contributed by atoms with E-state index >= 15 is 0 Å². The van der Waals surface area contributed by atoms with E-state index in [9.17, 15) is 0 Å². The molecule has 1 unspecified atom stereocenters. The van der Waals surface area contributed by atoms with Crippen molar-refractivity contribution in [3.05, 3.63) is 52.4 Å². The van der Waals surface area contributed by atoms with Crippen LogP contribution in [0.15, 0.2) is 36.4 Å². The highest BCUT2D eigenvalue weighted by Gasteiger charge is 2.45. The molecule has 0 aliphatic carbocycles. The number of rotatable bonds is 4. The lowest BCUT2D eigenvalue weighted by molar-refractivity contribution is -0.226. The number of nitrogens with zero attached hydrogens (tertiary/aromatic N) is 1. The highest BCUT2D eigenvalue weighted by molar-refractivity contribution is 7.14. The molecule has 2 aromatic rings. The third kappa shape index (κ3) is 3.34. The van der Waals surface area contributed by atoms with Gasteiger partial charge in [-0.1, -0.05) is 30.3 Å². The van der Waals surface area contributed by atoms with E-state index in [1.807, 2.05) is 0 Å². The molecule has 1 aromatic carbocycles. The molecule has 134 valence electrons. The summed E-state index contributed by atoms with van der Waals surface area (Å²) in [6, 6.07) is 12.9. The van der Waals surface area contributed by atoms with Crippen molar-refractivity contribution < 1.29 is 14.2 Å². The zero-order valence-corrected chi connectivity index (χ0v) is 15.7. The SMILES string of the molecule is COc1cc2c(s1)CC(OC)OC21CCN(Cc2ccccc2)CC1. The van der Waals surface area contributed by atoms with Gasteiger partial charge < -0.3 is 14.2 Å². The van der Waals surface area contributed by atoms with Gasteiger partial charge in [-0.15, -0.1) is 11.3 Å². The van der Waals surface area contributed by atoms with Crippen LogP contribution in [0.4, 0.5) is 0 Å². The molecule has 2 aliphatic rings. The minimum atomic E-state index is -0.227. The van der Waals surface area contributed by atoms with Crippen LogP contribution >= 0.6 is 11.3 Å². The Bertz CT molecular complexity index is 707. The molecule has 1 spiro atoms. The Morgan fingerprint density at radius 1 is 1.20 bits per heavy atom. The van der Waals surface area contributed by atoms with E-state index in [4.69, 9.17) is 14.2 Å². The minimum absolute atomic E-state index is 0.156. The van der Waals surface area contributed by atoms with Crippen molar-refractivity contribution in [2.24, 2.45) is 0 Å². The second-order valence-corrected chi connectivity index (χ2v) is 7.95. The first-order valence-corrected chi connectivity index (χ1v) is 9.68. The summed E-state index contributed by atoms with van der Waals surface area (Å²) in [5.74, 6) is 0. The van der Waals surface area contributed by atoms with E-state index < -0.39 is 0 Å². The normalized spacial score (nSPS) is 22.7. The number of hydrogen-bond acceptors (Lipinski definition) is 5. The molecule has 1 saturated heterocycles. The van der Waals surface area contributed by atoms with Crippen LogP contribution in [0.3, 0.4) is 0 Å². The number of thiophene rings is 1. The van der Waals surface area contributed by atoms with Gasteiger partial charge in [-0.25, -0.2) is 0 Å². The van der Waals surface area contributed by atoms with Gasteiger partial charge in [-0.2, -0.15) is 0 Å². The predicted molar refractivity (Wildman–Crippen MR) is 99.1 cm³/mol. The summed E-state index contributed by atoms with van der Waals surface area (Å²) < 4.78 is 17.5. The average molecular weight is 359 g/mol. The summed E-state index contributed by atoms with van der Waals surface area (Å²) in [7, 11) is 3.47. The number of hydrogen-bond donors (Lipinski definition) is 0. The fourth-order valence-corrected chi connectivity index (χ4v) is 5.06. The smallest absolute Gasteiger partial charge is 0.173 e. The summed E-state index contributed by atoms with van der Waals surface area (Å²) >= 11 is 1.73. The molecule has 0 N–H and O–H groups in total. The molecule has 0 bridgehead atoms. The zero-order chi connectivity index (χ0) is 17.3. The van der Waals surface area contributed by atoms with Crippen LogP contribution in [0.5, 0.6) is 5.06 Å². The molecule has 4 nitrogen and oxygen atoms in total. The van der Waals surface area contributed by atoms with Gasteiger partial charge in [0.05, 0.1) is 12.7 Å². The molecular weight excluding hydrogens is 334 g/mol. The second kappa shape index (κ2) is 7.08. The van der Waals surface area contributed by atoms with E-state index in [1.165, 1.54) is 16.0 Å². The number of methoxy groups -OCH3 is 2. The Labute approximate surface area is 153 Å². The quantitative estimate of drug-likeness (QED) is 0.831. The molecule has 4 rings (SSSR count). The Morgan fingerprint density at radius 3 is 2.64 bits per heavy atom. The molecule has 1 fully saturated rings. The molecule has 2 aliphatic heterocycles. The summed E-state index contributed by atoms with van der Waals surface area (Å²) in [6.07, 6.45) is 2.64. The van der Waals surface area contributed by atoms with E-state index in [2.05, 4.69) is 41.3 Å². The van der Waals surface area contributed by atoms with Gasteiger partial charge in [-0.3, -0.25) is 4.90 Å². The van der Waals surface area contributed by atoms with Crippen LogP contribution in [-0.2, 0) is 28.0 Å². The van der Waals surface area contributed by atoms with Crippen molar-refractivity contribution in [1.29, 1.82) is 0 Å². The van der Waals surface area contributed by atoms with Crippen molar-refractivity contribution >= 4 is 11.3 Å².